The van der Waals surface area contributed by atoms with E-state index in [1.165, 1.54) is 13.0 Å². The van der Waals surface area contributed by atoms with Gasteiger partial charge in [0.2, 0.25) is 23.0 Å². The van der Waals surface area contributed by atoms with Crippen LogP contribution in [0.2, 0.25) is 0 Å². The zero-order chi connectivity index (χ0) is 32.6. The maximum atomic E-state index is 13.5. The van der Waals surface area contributed by atoms with E-state index in [0.717, 1.165) is 53.8 Å². The number of carbonyl (C=O) groups excluding carboxylic acids is 2. The van der Waals surface area contributed by atoms with Crippen molar-refractivity contribution < 1.29 is 23.8 Å². The number of aryl methyl sites for hydroxylation is 2. The SMILES string of the molecule is COc1cc2c(c(OC)c1OC)-c1ccc(NCC(=O)NCCCCCc3nnc4ccccn34)c(=O)cc1[C@H](NC(C)=O)CC2. The Kier molecular flexibility index (Phi) is 10.4. The molecule has 5 rings (SSSR count). The molecular formula is C34H40N6O6. The molecule has 3 N–H and O–H groups in total. The number of benzene rings is 1. The van der Waals surface area contributed by atoms with Gasteiger partial charge < -0.3 is 30.2 Å². The van der Waals surface area contributed by atoms with E-state index < -0.39 is 6.04 Å². The molecule has 46 heavy (non-hydrogen) atoms. The van der Waals surface area contributed by atoms with E-state index in [1.807, 2.05) is 40.9 Å². The van der Waals surface area contributed by atoms with Crippen LogP contribution < -0.4 is 35.6 Å². The van der Waals surface area contributed by atoms with Crippen molar-refractivity contribution in [2.24, 2.45) is 0 Å². The van der Waals surface area contributed by atoms with Gasteiger partial charge in [-0.25, -0.2) is 0 Å². The molecule has 242 valence electrons. The van der Waals surface area contributed by atoms with E-state index in [1.54, 1.807) is 27.4 Å². The van der Waals surface area contributed by atoms with Crippen molar-refractivity contribution in [3.05, 3.63) is 75.8 Å². The average molecular weight is 629 g/mol. The van der Waals surface area contributed by atoms with Crippen molar-refractivity contribution in [2.75, 3.05) is 39.7 Å². The van der Waals surface area contributed by atoms with Crippen LogP contribution in [0.1, 0.15) is 55.6 Å². The van der Waals surface area contributed by atoms with Crippen molar-refractivity contribution in [3.63, 3.8) is 0 Å². The van der Waals surface area contributed by atoms with E-state index >= 15 is 0 Å². The molecule has 1 atom stereocenters. The highest BCUT2D eigenvalue weighted by Crippen LogP contribution is 2.50. The third-order valence-corrected chi connectivity index (χ3v) is 8.14. The molecule has 0 radical (unpaired) electrons. The first-order valence-corrected chi connectivity index (χ1v) is 15.4. The monoisotopic (exact) mass is 628 g/mol. The summed E-state index contributed by atoms with van der Waals surface area (Å²) in [6.45, 7) is 1.92. The number of nitrogens with one attached hydrogen (secondary N) is 3. The number of ether oxygens (including phenoxy) is 3. The van der Waals surface area contributed by atoms with Gasteiger partial charge in [0.1, 0.15) is 5.82 Å². The van der Waals surface area contributed by atoms with Gasteiger partial charge in [-0.05, 0) is 72.7 Å². The van der Waals surface area contributed by atoms with Crippen LogP contribution in [0.25, 0.3) is 16.8 Å². The molecule has 0 bridgehead atoms. The second-order valence-electron chi connectivity index (χ2n) is 11.2. The first-order valence-electron chi connectivity index (χ1n) is 15.4. The van der Waals surface area contributed by atoms with Crippen LogP contribution in [0.5, 0.6) is 17.2 Å². The quantitative estimate of drug-likeness (QED) is 0.188. The van der Waals surface area contributed by atoms with Crippen molar-refractivity contribution in [2.45, 2.75) is 51.5 Å². The van der Waals surface area contributed by atoms with Gasteiger partial charge in [0.25, 0.3) is 0 Å². The summed E-state index contributed by atoms with van der Waals surface area (Å²) >= 11 is 0. The number of hydrogen-bond acceptors (Lipinski definition) is 9. The van der Waals surface area contributed by atoms with Crippen molar-refractivity contribution >= 4 is 23.1 Å². The Morgan fingerprint density at radius 2 is 1.80 bits per heavy atom. The molecule has 0 aliphatic heterocycles. The second-order valence-corrected chi connectivity index (χ2v) is 11.2. The molecule has 2 aromatic heterocycles. The highest BCUT2D eigenvalue weighted by atomic mass is 16.5. The number of methoxy groups -OCH3 is 3. The fourth-order valence-corrected chi connectivity index (χ4v) is 5.97. The standard InChI is InChI=1S/C34H40N6O6/c1-21(41)37-25-14-12-22-18-28(44-2)33(45-3)34(46-4)32(22)23-13-15-26(27(42)19-24(23)25)36-20-31(43)35-16-8-5-6-10-29-38-39-30-11-7-9-17-40(29)30/h7,9,11,13,15,17-19,25H,5-6,8,10,12,14,16,20H2,1-4H3,(H,35,43)(H,36,42)(H,37,41)/t25-/m1/s1. The van der Waals surface area contributed by atoms with Crippen LogP contribution in [-0.4, -0.2) is 60.8 Å². The van der Waals surface area contributed by atoms with Crippen molar-refractivity contribution in [1.82, 2.24) is 25.2 Å². The Morgan fingerprint density at radius 1 is 0.978 bits per heavy atom. The van der Waals surface area contributed by atoms with E-state index in [4.69, 9.17) is 14.2 Å². The van der Waals surface area contributed by atoms with Crippen LogP contribution in [0, 0.1) is 0 Å². The van der Waals surface area contributed by atoms with Crippen LogP contribution in [0.15, 0.2) is 53.5 Å². The zero-order valence-corrected chi connectivity index (χ0v) is 26.6. The molecule has 1 aliphatic carbocycles. The van der Waals surface area contributed by atoms with Gasteiger partial charge in [-0.1, -0.05) is 18.6 Å². The number of fused-ring (bicyclic) bond motifs is 4. The summed E-state index contributed by atoms with van der Waals surface area (Å²) in [5.41, 5.74) is 3.88. The van der Waals surface area contributed by atoms with Gasteiger partial charge in [-0.3, -0.25) is 18.8 Å². The highest BCUT2D eigenvalue weighted by molar-refractivity contribution is 5.84. The fourth-order valence-electron chi connectivity index (χ4n) is 5.97. The average Bonchev–Trinajstić information content (AvgIpc) is 3.32. The fraction of sp³-hybridized carbons (Fsp3) is 0.382. The maximum Gasteiger partial charge on any atom is 0.239 e. The Hall–Kier alpha value is -5.13. The Balaban J connectivity index is 1.27. The van der Waals surface area contributed by atoms with Gasteiger partial charge in [-0.15, -0.1) is 10.2 Å². The number of unbranched alkanes of at least 4 members (excludes halogenated alkanes) is 2. The van der Waals surface area contributed by atoms with Crippen LogP contribution >= 0.6 is 0 Å². The number of nitrogens with zero attached hydrogens (tertiary/aromatic N) is 3. The van der Waals surface area contributed by atoms with Gasteiger partial charge in [0.15, 0.2) is 17.1 Å². The predicted molar refractivity (Wildman–Crippen MR) is 175 cm³/mol. The first-order chi connectivity index (χ1) is 22.3. The molecule has 12 nitrogen and oxygen atoms in total. The molecule has 0 spiro atoms. The second kappa shape index (κ2) is 14.8. The predicted octanol–water partition coefficient (Wildman–Crippen LogP) is 3.85. The van der Waals surface area contributed by atoms with Crippen molar-refractivity contribution in [3.8, 4) is 28.4 Å². The summed E-state index contributed by atoms with van der Waals surface area (Å²) in [6.07, 6.45) is 6.61. The minimum atomic E-state index is -0.415. The number of aromatic nitrogens is 3. The zero-order valence-electron chi connectivity index (χ0n) is 26.6. The minimum Gasteiger partial charge on any atom is -0.493 e. The molecular weight excluding hydrogens is 588 g/mol. The molecule has 12 heteroatoms. The maximum absolute atomic E-state index is 13.5. The first kappa shape index (κ1) is 32.3. The summed E-state index contributed by atoms with van der Waals surface area (Å²) < 4.78 is 19.0. The Labute approximate surface area is 267 Å². The molecule has 0 saturated heterocycles. The summed E-state index contributed by atoms with van der Waals surface area (Å²) in [4.78, 5) is 38.3. The molecule has 0 unspecified atom stereocenters. The van der Waals surface area contributed by atoms with Gasteiger partial charge in [0, 0.05) is 31.6 Å². The highest BCUT2D eigenvalue weighted by Gasteiger charge is 2.29. The van der Waals surface area contributed by atoms with Crippen molar-refractivity contribution in [1.29, 1.82) is 0 Å². The molecule has 1 aliphatic rings. The number of amides is 2. The van der Waals surface area contributed by atoms with E-state index in [-0.39, 0.29) is 29.5 Å². The number of rotatable bonds is 13. The number of carbonyl (C=O) groups is 2. The lowest BCUT2D eigenvalue weighted by atomic mass is 9.95. The lowest BCUT2D eigenvalue weighted by Gasteiger charge is -2.19. The normalized spacial score (nSPS) is 13.6. The summed E-state index contributed by atoms with van der Waals surface area (Å²) in [7, 11) is 4.66. The number of anilines is 1. The Morgan fingerprint density at radius 3 is 2.57 bits per heavy atom. The molecule has 4 aromatic rings. The van der Waals surface area contributed by atoms with Gasteiger partial charge in [-0.2, -0.15) is 0 Å². The van der Waals surface area contributed by atoms with Crippen LogP contribution in [-0.2, 0) is 22.4 Å². The number of hydrogen-bond donors (Lipinski definition) is 3. The Bertz CT molecular complexity index is 1790. The van der Waals surface area contributed by atoms with E-state index in [0.29, 0.717) is 42.2 Å². The third-order valence-electron chi connectivity index (χ3n) is 8.14. The topological polar surface area (TPSA) is 145 Å². The number of pyridine rings is 1. The smallest absolute Gasteiger partial charge is 0.239 e. The van der Waals surface area contributed by atoms with Crippen LogP contribution in [0.4, 0.5) is 5.69 Å². The summed E-state index contributed by atoms with van der Waals surface area (Å²) in [5, 5.41) is 17.4. The van der Waals surface area contributed by atoms with E-state index in [2.05, 4.69) is 26.1 Å². The van der Waals surface area contributed by atoms with Gasteiger partial charge >= 0.3 is 0 Å². The molecule has 0 saturated carbocycles. The lowest BCUT2D eigenvalue weighted by molar-refractivity contribution is -0.120. The minimum absolute atomic E-state index is 0.0598. The van der Waals surface area contributed by atoms with Gasteiger partial charge in [0.05, 0.1) is 39.6 Å². The molecule has 2 aromatic carbocycles. The largest absolute Gasteiger partial charge is 0.493 e. The molecule has 0 fully saturated rings. The summed E-state index contributed by atoms with van der Waals surface area (Å²) in [5.74, 6) is 1.95. The molecule has 2 heterocycles. The van der Waals surface area contributed by atoms with E-state index in [9.17, 15) is 14.4 Å². The van der Waals surface area contributed by atoms with Crippen LogP contribution in [0.3, 0.4) is 0 Å². The third kappa shape index (κ3) is 7.06. The summed E-state index contributed by atoms with van der Waals surface area (Å²) in [6, 6.07) is 12.3. The molecule has 2 amide bonds. The lowest BCUT2D eigenvalue weighted by Crippen LogP contribution is -2.31.